The number of piperazine rings is 1. The molecular weight excluding hydrogens is 363 g/mol. The summed E-state index contributed by atoms with van der Waals surface area (Å²) >= 11 is 0. The summed E-state index contributed by atoms with van der Waals surface area (Å²) in [5.74, 6) is -0.238. The molecule has 3 rings (SSSR count). The molecule has 7 nitrogen and oxygen atoms in total. The van der Waals surface area contributed by atoms with Crippen LogP contribution in [0.5, 0.6) is 0 Å². The van der Waals surface area contributed by atoms with Crippen LogP contribution in [0.2, 0.25) is 0 Å². The normalized spacial score (nSPS) is 18.9. The lowest BCUT2D eigenvalue weighted by atomic mass is 9.94. The van der Waals surface area contributed by atoms with Gasteiger partial charge in [0.15, 0.2) is 5.82 Å². The van der Waals surface area contributed by atoms with Crippen LogP contribution in [0.25, 0.3) is 0 Å². The summed E-state index contributed by atoms with van der Waals surface area (Å²) in [6.07, 6.45) is 3.88. The molecule has 3 heterocycles. The minimum atomic E-state index is -0.522. The third-order valence-corrected chi connectivity index (χ3v) is 5.18. The number of piperidine rings is 1. The van der Waals surface area contributed by atoms with Gasteiger partial charge in [-0.05, 0) is 39.7 Å². The summed E-state index contributed by atoms with van der Waals surface area (Å²) in [6, 6.07) is 1.67. The Morgan fingerprint density at radius 3 is 2.25 bits per heavy atom. The van der Waals surface area contributed by atoms with E-state index in [9.17, 15) is 14.0 Å². The Bertz CT molecular complexity index is 706. The number of ether oxygens (including phenoxy) is 1. The Hall–Kier alpha value is -2.38. The predicted molar refractivity (Wildman–Crippen MR) is 104 cm³/mol. The van der Waals surface area contributed by atoms with Crippen LogP contribution in [0.4, 0.5) is 14.9 Å². The summed E-state index contributed by atoms with van der Waals surface area (Å²) in [4.78, 5) is 34.3. The zero-order valence-corrected chi connectivity index (χ0v) is 16.9. The fourth-order valence-corrected chi connectivity index (χ4v) is 3.69. The first-order valence-electron chi connectivity index (χ1n) is 9.86. The highest BCUT2D eigenvalue weighted by molar-refractivity contribution is 5.79. The van der Waals surface area contributed by atoms with Crippen molar-refractivity contribution in [3.63, 3.8) is 0 Å². The summed E-state index contributed by atoms with van der Waals surface area (Å²) in [7, 11) is 0. The van der Waals surface area contributed by atoms with E-state index in [0.717, 1.165) is 0 Å². The minimum absolute atomic E-state index is 0.0470. The van der Waals surface area contributed by atoms with Crippen molar-refractivity contribution >= 4 is 17.7 Å². The van der Waals surface area contributed by atoms with Crippen LogP contribution in [-0.4, -0.2) is 71.7 Å². The Balaban J connectivity index is 1.47. The van der Waals surface area contributed by atoms with Crippen LogP contribution in [0.15, 0.2) is 18.5 Å². The molecule has 28 heavy (non-hydrogen) atoms. The zero-order valence-electron chi connectivity index (χ0n) is 16.9. The summed E-state index contributed by atoms with van der Waals surface area (Å²) in [6.45, 7) is 8.85. The number of carbonyl (C=O) groups is 2. The van der Waals surface area contributed by atoms with E-state index in [-0.39, 0.29) is 23.7 Å². The van der Waals surface area contributed by atoms with Crippen LogP contribution in [-0.2, 0) is 9.53 Å². The van der Waals surface area contributed by atoms with Gasteiger partial charge < -0.3 is 19.4 Å². The smallest absolute Gasteiger partial charge is 0.410 e. The fourth-order valence-electron chi connectivity index (χ4n) is 3.69. The first-order chi connectivity index (χ1) is 13.2. The maximum absolute atomic E-state index is 13.9. The van der Waals surface area contributed by atoms with Gasteiger partial charge in [-0.15, -0.1) is 0 Å². The molecule has 1 aromatic rings. The molecule has 1 aromatic heterocycles. The van der Waals surface area contributed by atoms with Crippen molar-refractivity contribution in [2.75, 3.05) is 44.2 Å². The Kier molecular flexibility index (Phi) is 6.05. The largest absolute Gasteiger partial charge is 0.444 e. The topological polar surface area (TPSA) is 66.0 Å². The molecule has 2 aliphatic rings. The Labute approximate surface area is 165 Å². The Morgan fingerprint density at radius 2 is 1.68 bits per heavy atom. The molecular formula is C20H29FN4O3. The van der Waals surface area contributed by atoms with Crippen molar-refractivity contribution in [1.82, 2.24) is 14.8 Å². The standard InChI is InChI=1S/C20H29FN4O3/c1-20(2,3)28-19(27)25-12-10-24(11-13-25)18(26)15-5-8-23(9-6-15)17-4-7-22-14-16(17)21/h4,7,14-15H,5-6,8-13H2,1-3H3. The van der Waals surface area contributed by atoms with E-state index in [2.05, 4.69) is 4.98 Å². The van der Waals surface area contributed by atoms with E-state index in [1.165, 1.54) is 6.20 Å². The molecule has 2 aliphatic heterocycles. The van der Waals surface area contributed by atoms with Crippen molar-refractivity contribution in [1.29, 1.82) is 0 Å². The van der Waals surface area contributed by atoms with Crippen LogP contribution in [0, 0.1) is 11.7 Å². The predicted octanol–water partition coefficient (Wildman–Crippen LogP) is 2.52. The van der Waals surface area contributed by atoms with Crippen molar-refractivity contribution < 1.29 is 18.7 Å². The van der Waals surface area contributed by atoms with Gasteiger partial charge in [0.25, 0.3) is 0 Å². The second-order valence-corrected chi connectivity index (χ2v) is 8.38. The van der Waals surface area contributed by atoms with Gasteiger partial charge in [0.05, 0.1) is 11.9 Å². The lowest BCUT2D eigenvalue weighted by molar-refractivity contribution is -0.138. The van der Waals surface area contributed by atoms with Gasteiger partial charge in [-0.25, -0.2) is 9.18 Å². The number of nitrogens with zero attached hydrogens (tertiary/aromatic N) is 4. The van der Waals surface area contributed by atoms with E-state index in [0.29, 0.717) is 57.8 Å². The van der Waals surface area contributed by atoms with E-state index < -0.39 is 5.60 Å². The third-order valence-electron chi connectivity index (χ3n) is 5.18. The second kappa shape index (κ2) is 8.32. The quantitative estimate of drug-likeness (QED) is 0.774. The monoisotopic (exact) mass is 392 g/mol. The number of hydrogen-bond acceptors (Lipinski definition) is 5. The van der Waals surface area contributed by atoms with Crippen LogP contribution < -0.4 is 4.90 Å². The SMILES string of the molecule is CC(C)(C)OC(=O)N1CCN(C(=O)C2CCN(c3ccncc3F)CC2)CC1. The van der Waals surface area contributed by atoms with E-state index >= 15 is 0 Å². The molecule has 0 atom stereocenters. The number of amides is 2. The molecule has 0 bridgehead atoms. The minimum Gasteiger partial charge on any atom is -0.444 e. The number of rotatable bonds is 2. The highest BCUT2D eigenvalue weighted by atomic mass is 19.1. The lowest BCUT2D eigenvalue weighted by Gasteiger charge is -2.39. The highest BCUT2D eigenvalue weighted by Gasteiger charge is 2.32. The van der Waals surface area contributed by atoms with Crippen LogP contribution in [0.3, 0.4) is 0 Å². The van der Waals surface area contributed by atoms with Crippen molar-refractivity contribution in [2.24, 2.45) is 5.92 Å². The summed E-state index contributed by atoms with van der Waals surface area (Å²) < 4.78 is 19.3. The average molecular weight is 392 g/mol. The fraction of sp³-hybridized carbons (Fsp3) is 0.650. The third kappa shape index (κ3) is 4.91. The van der Waals surface area contributed by atoms with Gasteiger partial charge in [-0.2, -0.15) is 0 Å². The molecule has 8 heteroatoms. The number of hydrogen-bond donors (Lipinski definition) is 0. The van der Waals surface area contributed by atoms with Crippen molar-refractivity contribution in [2.45, 2.75) is 39.2 Å². The maximum Gasteiger partial charge on any atom is 0.410 e. The molecule has 2 fully saturated rings. The van der Waals surface area contributed by atoms with E-state index in [1.807, 2.05) is 30.6 Å². The highest BCUT2D eigenvalue weighted by Crippen LogP contribution is 2.26. The molecule has 0 aromatic carbocycles. The average Bonchev–Trinajstić information content (AvgIpc) is 2.67. The van der Waals surface area contributed by atoms with Gasteiger partial charge in [0.2, 0.25) is 5.91 Å². The molecule has 0 unspecified atom stereocenters. The van der Waals surface area contributed by atoms with Crippen LogP contribution >= 0.6 is 0 Å². The summed E-state index contributed by atoms with van der Waals surface area (Å²) in [5.41, 5.74) is 0.0265. The number of anilines is 1. The molecule has 2 saturated heterocycles. The van der Waals surface area contributed by atoms with Crippen molar-refractivity contribution in [3.8, 4) is 0 Å². The second-order valence-electron chi connectivity index (χ2n) is 8.38. The number of halogens is 1. The summed E-state index contributed by atoms with van der Waals surface area (Å²) in [5, 5.41) is 0. The van der Waals surface area contributed by atoms with Crippen LogP contribution in [0.1, 0.15) is 33.6 Å². The molecule has 0 saturated carbocycles. The maximum atomic E-state index is 13.9. The molecule has 154 valence electrons. The zero-order chi connectivity index (χ0) is 20.3. The number of carbonyl (C=O) groups excluding carboxylic acids is 2. The van der Waals surface area contributed by atoms with E-state index in [1.54, 1.807) is 17.2 Å². The lowest BCUT2D eigenvalue weighted by Crippen LogP contribution is -2.53. The molecule has 0 spiro atoms. The van der Waals surface area contributed by atoms with Gasteiger partial charge >= 0.3 is 6.09 Å². The van der Waals surface area contributed by atoms with Gasteiger partial charge in [0, 0.05) is 51.4 Å². The first kappa shape index (κ1) is 20.4. The van der Waals surface area contributed by atoms with Gasteiger partial charge in [-0.3, -0.25) is 9.78 Å². The van der Waals surface area contributed by atoms with Crippen molar-refractivity contribution in [3.05, 3.63) is 24.3 Å². The Morgan fingerprint density at radius 1 is 1.07 bits per heavy atom. The molecule has 0 radical (unpaired) electrons. The molecule has 0 aliphatic carbocycles. The van der Waals surface area contributed by atoms with E-state index in [4.69, 9.17) is 4.74 Å². The number of aromatic nitrogens is 1. The number of pyridine rings is 1. The molecule has 0 N–H and O–H groups in total. The van der Waals surface area contributed by atoms with Gasteiger partial charge in [0.1, 0.15) is 5.60 Å². The first-order valence-corrected chi connectivity index (χ1v) is 9.86. The van der Waals surface area contributed by atoms with Gasteiger partial charge in [-0.1, -0.05) is 0 Å². The molecule has 2 amide bonds.